The Hall–Kier alpha value is -1.07. The average Bonchev–Trinajstić information content (AvgIpc) is 2.94. The Morgan fingerprint density at radius 2 is 2.14 bits per heavy atom. The lowest BCUT2D eigenvalue weighted by Gasteiger charge is -2.26. The van der Waals surface area contributed by atoms with Gasteiger partial charge in [0.15, 0.2) is 0 Å². The molecular formula is C15H25ClN4O. The lowest BCUT2D eigenvalue weighted by Crippen LogP contribution is -2.41. The molecule has 21 heavy (non-hydrogen) atoms. The molecule has 2 N–H and O–H groups in total. The SMILES string of the molecule is Cc1nn(CC(C)C)c(Cl)c1[C@@H]1CCCN1C(=O)[C@@H](C)N. The van der Waals surface area contributed by atoms with Crippen LogP contribution in [-0.2, 0) is 11.3 Å². The average molecular weight is 313 g/mol. The van der Waals surface area contributed by atoms with Crippen LogP contribution in [0.1, 0.15) is 50.9 Å². The van der Waals surface area contributed by atoms with E-state index < -0.39 is 6.04 Å². The second-order valence-electron chi connectivity index (χ2n) is 6.34. The third kappa shape index (κ3) is 3.24. The van der Waals surface area contributed by atoms with Crippen molar-refractivity contribution >= 4 is 17.5 Å². The van der Waals surface area contributed by atoms with E-state index in [0.717, 1.165) is 37.2 Å². The number of carbonyl (C=O) groups excluding carboxylic acids is 1. The van der Waals surface area contributed by atoms with Crippen molar-refractivity contribution in [1.82, 2.24) is 14.7 Å². The third-order valence-electron chi connectivity index (χ3n) is 3.91. The summed E-state index contributed by atoms with van der Waals surface area (Å²) in [4.78, 5) is 14.1. The fraction of sp³-hybridized carbons (Fsp3) is 0.733. The Labute approximate surface area is 131 Å². The maximum absolute atomic E-state index is 12.3. The molecule has 1 saturated heterocycles. The molecule has 2 rings (SSSR count). The first-order valence-electron chi connectivity index (χ1n) is 7.61. The molecule has 1 amide bonds. The molecule has 1 aliphatic rings. The maximum Gasteiger partial charge on any atom is 0.239 e. The quantitative estimate of drug-likeness (QED) is 0.929. The van der Waals surface area contributed by atoms with Crippen molar-refractivity contribution in [2.24, 2.45) is 11.7 Å². The number of nitrogens with two attached hydrogens (primary N) is 1. The van der Waals surface area contributed by atoms with Gasteiger partial charge in [-0.2, -0.15) is 5.10 Å². The molecule has 1 fully saturated rings. The predicted molar refractivity (Wildman–Crippen MR) is 84.1 cm³/mol. The minimum absolute atomic E-state index is 0.00965. The fourth-order valence-corrected chi connectivity index (χ4v) is 3.37. The van der Waals surface area contributed by atoms with Crippen LogP contribution in [0.4, 0.5) is 0 Å². The highest BCUT2D eigenvalue weighted by Crippen LogP contribution is 2.38. The van der Waals surface area contributed by atoms with E-state index in [2.05, 4.69) is 18.9 Å². The van der Waals surface area contributed by atoms with Gasteiger partial charge in [0, 0.05) is 18.7 Å². The molecule has 0 aromatic carbocycles. The lowest BCUT2D eigenvalue weighted by atomic mass is 10.1. The number of nitrogens with zero attached hydrogens (tertiary/aromatic N) is 3. The molecule has 5 nitrogen and oxygen atoms in total. The van der Waals surface area contributed by atoms with Gasteiger partial charge in [0.2, 0.25) is 5.91 Å². The highest BCUT2D eigenvalue weighted by Gasteiger charge is 2.35. The number of hydrogen-bond donors (Lipinski definition) is 1. The van der Waals surface area contributed by atoms with Crippen LogP contribution in [-0.4, -0.2) is 33.2 Å². The van der Waals surface area contributed by atoms with Gasteiger partial charge >= 0.3 is 0 Å². The summed E-state index contributed by atoms with van der Waals surface area (Å²) < 4.78 is 1.85. The van der Waals surface area contributed by atoms with Crippen molar-refractivity contribution < 1.29 is 4.79 Å². The topological polar surface area (TPSA) is 64.2 Å². The van der Waals surface area contributed by atoms with Gasteiger partial charge < -0.3 is 10.6 Å². The fourth-order valence-electron chi connectivity index (χ4n) is 3.00. The maximum atomic E-state index is 12.3. The minimum Gasteiger partial charge on any atom is -0.334 e. The van der Waals surface area contributed by atoms with Crippen LogP contribution in [0.5, 0.6) is 0 Å². The molecule has 0 spiro atoms. The number of halogens is 1. The van der Waals surface area contributed by atoms with Gasteiger partial charge in [0.1, 0.15) is 5.15 Å². The summed E-state index contributed by atoms with van der Waals surface area (Å²) in [6.07, 6.45) is 1.90. The van der Waals surface area contributed by atoms with Crippen molar-refractivity contribution in [2.75, 3.05) is 6.54 Å². The molecule has 0 unspecified atom stereocenters. The van der Waals surface area contributed by atoms with Gasteiger partial charge in [0.05, 0.1) is 17.8 Å². The Morgan fingerprint density at radius 3 is 2.71 bits per heavy atom. The van der Waals surface area contributed by atoms with E-state index in [9.17, 15) is 4.79 Å². The number of hydrogen-bond acceptors (Lipinski definition) is 3. The smallest absolute Gasteiger partial charge is 0.239 e. The Kier molecular flexibility index (Phi) is 4.94. The molecule has 0 bridgehead atoms. The van der Waals surface area contributed by atoms with E-state index >= 15 is 0 Å². The van der Waals surface area contributed by atoms with E-state index in [1.807, 2.05) is 16.5 Å². The summed E-state index contributed by atoms with van der Waals surface area (Å²) in [5.74, 6) is 0.463. The third-order valence-corrected chi connectivity index (χ3v) is 4.30. The molecule has 2 heterocycles. The molecule has 0 aliphatic carbocycles. The lowest BCUT2D eigenvalue weighted by molar-refractivity contribution is -0.133. The Balaban J connectivity index is 2.32. The van der Waals surface area contributed by atoms with Gasteiger partial charge in [-0.05, 0) is 32.6 Å². The Bertz CT molecular complexity index is 524. The zero-order valence-electron chi connectivity index (χ0n) is 13.3. The van der Waals surface area contributed by atoms with Gasteiger partial charge in [-0.25, -0.2) is 0 Å². The molecule has 1 aromatic heterocycles. The predicted octanol–water partition coefficient (Wildman–Crippen LogP) is 2.51. The summed E-state index contributed by atoms with van der Waals surface area (Å²) in [6.45, 7) is 9.49. The first-order valence-corrected chi connectivity index (χ1v) is 7.99. The highest BCUT2D eigenvalue weighted by molar-refractivity contribution is 6.30. The number of carbonyl (C=O) groups is 1. The molecular weight excluding hydrogens is 288 g/mol. The molecule has 2 atom stereocenters. The van der Waals surface area contributed by atoms with Crippen molar-refractivity contribution in [3.8, 4) is 0 Å². The first kappa shape index (κ1) is 16.3. The first-order chi connectivity index (χ1) is 9.82. The van der Waals surface area contributed by atoms with Crippen LogP contribution in [0.15, 0.2) is 0 Å². The van der Waals surface area contributed by atoms with Crippen LogP contribution in [0, 0.1) is 12.8 Å². The van der Waals surface area contributed by atoms with Crippen molar-refractivity contribution in [1.29, 1.82) is 0 Å². The summed E-state index contributed by atoms with van der Waals surface area (Å²) in [5, 5.41) is 5.21. The van der Waals surface area contributed by atoms with E-state index in [0.29, 0.717) is 11.1 Å². The van der Waals surface area contributed by atoms with Crippen LogP contribution in [0.25, 0.3) is 0 Å². The van der Waals surface area contributed by atoms with Gasteiger partial charge in [-0.1, -0.05) is 25.4 Å². The molecule has 0 saturated carbocycles. The van der Waals surface area contributed by atoms with Crippen LogP contribution in [0.2, 0.25) is 5.15 Å². The number of aryl methyl sites for hydroxylation is 1. The zero-order valence-corrected chi connectivity index (χ0v) is 14.0. The number of aromatic nitrogens is 2. The van der Waals surface area contributed by atoms with E-state index in [-0.39, 0.29) is 11.9 Å². The summed E-state index contributed by atoms with van der Waals surface area (Å²) in [7, 11) is 0. The van der Waals surface area contributed by atoms with Crippen LogP contribution >= 0.6 is 11.6 Å². The summed E-state index contributed by atoms with van der Waals surface area (Å²) >= 11 is 6.53. The van der Waals surface area contributed by atoms with Crippen molar-refractivity contribution in [2.45, 2.75) is 59.2 Å². The minimum atomic E-state index is -0.476. The highest BCUT2D eigenvalue weighted by atomic mass is 35.5. The second kappa shape index (κ2) is 6.36. The monoisotopic (exact) mass is 312 g/mol. The zero-order chi connectivity index (χ0) is 15.7. The number of amides is 1. The molecule has 6 heteroatoms. The van der Waals surface area contributed by atoms with Gasteiger partial charge in [-0.15, -0.1) is 0 Å². The van der Waals surface area contributed by atoms with E-state index in [4.69, 9.17) is 17.3 Å². The number of likely N-dealkylation sites (tertiary alicyclic amines) is 1. The number of rotatable bonds is 4. The standard InChI is InChI=1S/C15H25ClN4O/c1-9(2)8-20-14(16)13(11(4)18-20)12-6-5-7-19(12)15(21)10(3)17/h9-10,12H,5-8,17H2,1-4H3/t10-,12+/m1/s1. The largest absolute Gasteiger partial charge is 0.334 e. The van der Waals surface area contributed by atoms with E-state index in [1.165, 1.54) is 0 Å². The van der Waals surface area contributed by atoms with Crippen molar-refractivity contribution in [3.05, 3.63) is 16.4 Å². The summed E-state index contributed by atoms with van der Waals surface area (Å²) in [5.41, 5.74) is 7.66. The Morgan fingerprint density at radius 1 is 1.48 bits per heavy atom. The van der Waals surface area contributed by atoms with Crippen molar-refractivity contribution in [3.63, 3.8) is 0 Å². The van der Waals surface area contributed by atoms with Gasteiger partial charge in [-0.3, -0.25) is 9.48 Å². The molecule has 0 radical (unpaired) electrons. The second-order valence-corrected chi connectivity index (χ2v) is 6.70. The normalized spacial score (nSPS) is 20.3. The van der Waals surface area contributed by atoms with Crippen LogP contribution in [0.3, 0.4) is 0 Å². The molecule has 1 aromatic rings. The van der Waals surface area contributed by atoms with E-state index in [1.54, 1.807) is 6.92 Å². The molecule has 118 valence electrons. The summed E-state index contributed by atoms with van der Waals surface area (Å²) in [6, 6.07) is -0.465. The van der Waals surface area contributed by atoms with Crippen LogP contribution < -0.4 is 5.73 Å². The molecule has 1 aliphatic heterocycles. The van der Waals surface area contributed by atoms with Gasteiger partial charge in [0.25, 0.3) is 0 Å².